The van der Waals surface area contributed by atoms with Crippen molar-refractivity contribution in [1.29, 1.82) is 0 Å². The number of amides is 1. The number of nitrogens with zero attached hydrogens (tertiary/aromatic N) is 2. The molecule has 1 aliphatic rings. The number of fused-ring (bicyclic) bond motifs is 1. The van der Waals surface area contributed by atoms with Gasteiger partial charge in [-0.2, -0.15) is 0 Å². The molecular formula is C23H19N3O2. The highest BCUT2D eigenvalue weighted by Crippen LogP contribution is 2.31. The second-order valence-electron chi connectivity index (χ2n) is 6.96. The number of rotatable bonds is 4. The lowest BCUT2D eigenvalue weighted by atomic mass is 9.98. The number of hydrogen-bond acceptors (Lipinski definition) is 3. The van der Waals surface area contributed by atoms with Gasteiger partial charge in [-0.3, -0.25) is 4.79 Å². The summed E-state index contributed by atoms with van der Waals surface area (Å²) in [4.78, 5) is 22.9. The Balaban J connectivity index is 1.31. The van der Waals surface area contributed by atoms with E-state index in [0.29, 0.717) is 30.2 Å². The summed E-state index contributed by atoms with van der Waals surface area (Å²) in [5.74, 6) is 2.45. The molecule has 1 fully saturated rings. The number of H-pyrrole nitrogens is 1. The van der Waals surface area contributed by atoms with Gasteiger partial charge in [0.1, 0.15) is 17.3 Å². The van der Waals surface area contributed by atoms with Crippen LogP contribution in [0.3, 0.4) is 0 Å². The van der Waals surface area contributed by atoms with Crippen molar-refractivity contribution in [2.24, 2.45) is 0 Å². The van der Waals surface area contributed by atoms with E-state index in [9.17, 15) is 4.79 Å². The first kappa shape index (κ1) is 16.6. The molecule has 3 aromatic carbocycles. The molecule has 1 aromatic heterocycles. The number of hydrogen-bond donors (Lipinski definition) is 1. The van der Waals surface area contributed by atoms with Crippen molar-refractivity contribution in [1.82, 2.24) is 14.9 Å². The van der Waals surface area contributed by atoms with Crippen LogP contribution in [0, 0.1) is 0 Å². The number of likely N-dealkylation sites (tertiary alicyclic amines) is 1. The molecule has 5 rings (SSSR count). The maximum atomic E-state index is 13.0. The summed E-state index contributed by atoms with van der Waals surface area (Å²) < 4.78 is 5.93. The average Bonchev–Trinajstić information content (AvgIpc) is 3.11. The summed E-state index contributed by atoms with van der Waals surface area (Å²) in [5.41, 5.74) is 2.57. The van der Waals surface area contributed by atoms with E-state index >= 15 is 0 Å². The molecule has 4 aromatic rings. The topological polar surface area (TPSA) is 58.2 Å². The maximum Gasteiger partial charge on any atom is 0.257 e. The highest BCUT2D eigenvalue weighted by molar-refractivity contribution is 5.97. The molecule has 0 aliphatic carbocycles. The maximum absolute atomic E-state index is 13.0. The molecule has 1 amide bonds. The lowest BCUT2D eigenvalue weighted by molar-refractivity contribution is 0.0593. The van der Waals surface area contributed by atoms with Crippen molar-refractivity contribution < 1.29 is 9.53 Å². The Bertz CT molecular complexity index is 1100. The second-order valence-corrected chi connectivity index (χ2v) is 6.96. The van der Waals surface area contributed by atoms with Crippen LogP contribution in [0.4, 0.5) is 0 Å². The Morgan fingerprint density at radius 3 is 2.46 bits per heavy atom. The van der Waals surface area contributed by atoms with Crippen LogP contribution >= 0.6 is 0 Å². The smallest absolute Gasteiger partial charge is 0.257 e. The third-order valence-corrected chi connectivity index (χ3v) is 5.05. The van der Waals surface area contributed by atoms with Crippen LogP contribution in [-0.2, 0) is 0 Å². The van der Waals surface area contributed by atoms with Gasteiger partial charge >= 0.3 is 0 Å². The number of carbonyl (C=O) groups excluding carboxylic acids is 1. The van der Waals surface area contributed by atoms with Gasteiger partial charge in [0, 0.05) is 13.1 Å². The SMILES string of the molecule is O=C(c1ccccc1Oc1ccccc1)N1CC(c2nc3ccccc3[nH]2)C1. The molecule has 5 nitrogen and oxygen atoms in total. The first-order valence-electron chi connectivity index (χ1n) is 9.34. The lowest BCUT2D eigenvalue weighted by Crippen LogP contribution is -2.48. The predicted molar refractivity (Wildman–Crippen MR) is 108 cm³/mol. The van der Waals surface area contributed by atoms with Crippen molar-refractivity contribution in [2.45, 2.75) is 5.92 Å². The van der Waals surface area contributed by atoms with Crippen LogP contribution < -0.4 is 4.74 Å². The zero-order valence-electron chi connectivity index (χ0n) is 15.2. The molecule has 0 saturated carbocycles. The molecule has 5 heteroatoms. The Labute approximate surface area is 162 Å². The Morgan fingerprint density at radius 1 is 0.929 bits per heavy atom. The number of para-hydroxylation sites is 4. The molecule has 1 N–H and O–H groups in total. The van der Waals surface area contributed by atoms with Gasteiger partial charge in [0.05, 0.1) is 22.5 Å². The number of aromatic amines is 1. The van der Waals surface area contributed by atoms with Gasteiger partial charge in [-0.05, 0) is 36.4 Å². The molecule has 138 valence electrons. The minimum atomic E-state index is -0.0149. The molecule has 0 radical (unpaired) electrons. The first-order valence-corrected chi connectivity index (χ1v) is 9.34. The number of aromatic nitrogens is 2. The van der Waals surface area contributed by atoms with E-state index in [0.717, 1.165) is 16.9 Å². The zero-order chi connectivity index (χ0) is 18.9. The van der Waals surface area contributed by atoms with E-state index in [4.69, 9.17) is 4.74 Å². The third kappa shape index (κ3) is 3.01. The van der Waals surface area contributed by atoms with Crippen LogP contribution in [-0.4, -0.2) is 33.9 Å². The van der Waals surface area contributed by atoms with Gasteiger partial charge in [0.2, 0.25) is 0 Å². The van der Waals surface area contributed by atoms with Crippen molar-refractivity contribution >= 4 is 16.9 Å². The average molecular weight is 369 g/mol. The van der Waals surface area contributed by atoms with Gasteiger partial charge in [-0.15, -0.1) is 0 Å². The van der Waals surface area contributed by atoms with E-state index in [-0.39, 0.29) is 11.8 Å². The Kier molecular flexibility index (Phi) is 4.05. The molecule has 28 heavy (non-hydrogen) atoms. The minimum Gasteiger partial charge on any atom is -0.457 e. The monoisotopic (exact) mass is 369 g/mol. The van der Waals surface area contributed by atoms with Crippen molar-refractivity contribution in [2.75, 3.05) is 13.1 Å². The van der Waals surface area contributed by atoms with Gasteiger partial charge in [-0.1, -0.05) is 42.5 Å². The van der Waals surface area contributed by atoms with Gasteiger partial charge in [0.15, 0.2) is 0 Å². The third-order valence-electron chi connectivity index (χ3n) is 5.05. The zero-order valence-corrected chi connectivity index (χ0v) is 15.2. The highest BCUT2D eigenvalue weighted by atomic mass is 16.5. The van der Waals surface area contributed by atoms with E-state index in [2.05, 4.69) is 9.97 Å². The summed E-state index contributed by atoms with van der Waals surface area (Å²) in [6.45, 7) is 1.30. The number of nitrogens with one attached hydrogen (secondary N) is 1. The van der Waals surface area contributed by atoms with Crippen LogP contribution in [0.5, 0.6) is 11.5 Å². The van der Waals surface area contributed by atoms with Gasteiger partial charge < -0.3 is 14.6 Å². The lowest BCUT2D eigenvalue weighted by Gasteiger charge is -2.38. The fourth-order valence-electron chi connectivity index (χ4n) is 3.50. The van der Waals surface area contributed by atoms with Gasteiger partial charge in [-0.25, -0.2) is 4.98 Å². The van der Waals surface area contributed by atoms with E-state index in [1.807, 2.05) is 83.8 Å². The molecule has 0 unspecified atom stereocenters. The normalized spacial score (nSPS) is 14.1. The van der Waals surface area contributed by atoms with E-state index in [1.165, 1.54) is 0 Å². The largest absolute Gasteiger partial charge is 0.457 e. The van der Waals surface area contributed by atoms with E-state index in [1.54, 1.807) is 0 Å². The second kappa shape index (κ2) is 6.85. The summed E-state index contributed by atoms with van der Waals surface area (Å²) in [6, 6.07) is 24.9. The fraction of sp³-hybridized carbons (Fsp3) is 0.130. The molecule has 0 atom stereocenters. The summed E-state index contributed by atoms with van der Waals surface area (Å²) in [7, 11) is 0. The quantitative estimate of drug-likeness (QED) is 0.572. The first-order chi connectivity index (χ1) is 13.8. The van der Waals surface area contributed by atoms with Crippen LogP contribution in [0.1, 0.15) is 22.1 Å². The van der Waals surface area contributed by atoms with Crippen LogP contribution in [0.25, 0.3) is 11.0 Å². The molecule has 2 heterocycles. The number of carbonyl (C=O) groups is 1. The molecule has 1 aliphatic heterocycles. The number of benzene rings is 3. The molecular weight excluding hydrogens is 350 g/mol. The van der Waals surface area contributed by atoms with E-state index < -0.39 is 0 Å². The van der Waals surface area contributed by atoms with Crippen LogP contribution in [0.2, 0.25) is 0 Å². The standard InChI is InChI=1S/C23H19N3O2/c27-23(18-10-4-7-13-21(18)28-17-8-2-1-3-9-17)26-14-16(15-26)22-24-19-11-5-6-12-20(19)25-22/h1-13,16H,14-15H2,(H,24,25). The number of ether oxygens (including phenoxy) is 1. The summed E-state index contributed by atoms with van der Waals surface area (Å²) in [5, 5.41) is 0. The molecule has 1 saturated heterocycles. The molecule has 0 bridgehead atoms. The minimum absolute atomic E-state index is 0.0149. The van der Waals surface area contributed by atoms with Crippen molar-refractivity contribution in [3.05, 3.63) is 90.3 Å². The number of imidazole rings is 1. The summed E-state index contributed by atoms with van der Waals surface area (Å²) in [6.07, 6.45) is 0. The van der Waals surface area contributed by atoms with Crippen LogP contribution in [0.15, 0.2) is 78.9 Å². The highest BCUT2D eigenvalue weighted by Gasteiger charge is 2.35. The predicted octanol–water partition coefficient (Wildman–Crippen LogP) is 4.59. The molecule has 0 spiro atoms. The fourth-order valence-corrected chi connectivity index (χ4v) is 3.50. The Morgan fingerprint density at radius 2 is 1.64 bits per heavy atom. The summed E-state index contributed by atoms with van der Waals surface area (Å²) >= 11 is 0. The van der Waals surface area contributed by atoms with Crippen molar-refractivity contribution in [3.8, 4) is 11.5 Å². The van der Waals surface area contributed by atoms with Crippen molar-refractivity contribution in [3.63, 3.8) is 0 Å². The Hall–Kier alpha value is -3.60. The van der Waals surface area contributed by atoms with Gasteiger partial charge in [0.25, 0.3) is 5.91 Å².